The van der Waals surface area contributed by atoms with Gasteiger partial charge in [-0.05, 0) is 50.2 Å². The van der Waals surface area contributed by atoms with Crippen molar-refractivity contribution in [3.8, 4) is 5.75 Å². The number of hydrogen-bond donors (Lipinski definition) is 1. The second-order valence-corrected chi connectivity index (χ2v) is 7.32. The lowest BCUT2D eigenvalue weighted by Gasteiger charge is -2.30. The molecule has 7 heteroatoms. The van der Waals surface area contributed by atoms with Crippen molar-refractivity contribution in [1.29, 1.82) is 0 Å². The van der Waals surface area contributed by atoms with E-state index in [1.807, 2.05) is 43.0 Å². The average molecular weight is 416 g/mol. The van der Waals surface area contributed by atoms with E-state index in [0.29, 0.717) is 18.8 Å². The molecule has 1 N–H and O–H groups in total. The fraction of sp³-hybridized carbons (Fsp3) is 0.391. The van der Waals surface area contributed by atoms with Crippen LogP contribution in [0.15, 0.2) is 42.5 Å². The van der Waals surface area contributed by atoms with Crippen LogP contribution in [0.4, 0.5) is 10.1 Å². The molecule has 2 aromatic carbocycles. The number of rotatable bonds is 9. The molecule has 0 aliphatic heterocycles. The van der Waals surface area contributed by atoms with Crippen molar-refractivity contribution >= 4 is 17.5 Å². The predicted octanol–water partition coefficient (Wildman–Crippen LogP) is 3.45. The number of carbonyl (C=O) groups is 2. The molecule has 0 radical (unpaired) electrons. The van der Waals surface area contributed by atoms with Gasteiger partial charge in [-0.15, -0.1) is 0 Å². The molecule has 2 amide bonds. The van der Waals surface area contributed by atoms with Crippen molar-refractivity contribution in [2.45, 2.75) is 33.4 Å². The van der Waals surface area contributed by atoms with Gasteiger partial charge in [0.05, 0.1) is 19.7 Å². The Morgan fingerprint density at radius 1 is 1.17 bits per heavy atom. The molecular weight excluding hydrogens is 385 g/mol. The normalized spacial score (nSPS) is 11.8. The molecule has 2 aromatic rings. The number of methoxy groups -OCH3 is 1. The van der Waals surface area contributed by atoms with E-state index in [2.05, 4.69) is 5.32 Å². The number of anilines is 1. The Labute approximate surface area is 177 Å². The highest BCUT2D eigenvalue weighted by Gasteiger charge is 2.25. The first kappa shape index (κ1) is 23.3. The monoisotopic (exact) mass is 415 g/mol. The largest absolute Gasteiger partial charge is 0.494 e. The van der Waals surface area contributed by atoms with E-state index in [1.165, 1.54) is 18.1 Å². The van der Waals surface area contributed by atoms with E-state index in [0.717, 1.165) is 11.1 Å². The number of halogens is 1. The van der Waals surface area contributed by atoms with Gasteiger partial charge in [0, 0.05) is 19.3 Å². The van der Waals surface area contributed by atoms with Gasteiger partial charge in [0.1, 0.15) is 0 Å². The lowest BCUT2D eigenvalue weighted by atomic mass is 10.1. The van der Waals surface area contributed by atoms with E-state index < -0.39 is 11.9 Å². The molecule has 0 bridgehead atoms. The molecule has 0 aromatic heterocycles. The van der Waals surface area contributed by atoms with E-state index in [9.17, 15) is 14.0 Å². The molecule has 162 valence electrons. The van der Waals surface area contributed by atoms with Crippen LogP contribution in [0, 0.1) is 12.7 Å². The van der Waals surface area contributed by atoms with Crippen molar-refractivity contribution in [2.24, 2.45) is 0 Å². The summed E-state index contributed by atoms with van der Waals surface area (Å²) in [6, 6.07) is 11.8. The van der Waals surface area contributed by atoms with Gasteiger partial charge >= 0.3 is 0 Å². The Kier molecular flexibility index (Phi) is 8.35. The summed E-state index contributed by atoms with van der Waals surface area (Å²) in [5.41, 5.74) is 2.54. The third-order valence-corrected chi connectivity index (χ3v) is 5.01. The molecule has 0 aliphatic carbocycles. The molecule has 0 spiro atoms. The number of likely N-dealkylation sites (N-methyl/N-ethyl adjacent to an activating group) is 2. The lowest BCUT2D eigenvalue weighted by molar-refractivity contribution is -0.137. The van der Waals surface area contributed by atoms with Crippen LogP contribution in [-0.2, 0) is 16.1 Å². The molecule has 0 saturated carbocycles. The Hall–Kier alpha value is -2.93. The quantitative estimate of drug-likeness (QED) is 0.682. The molecular formula is C23H30FN3O3. The molecule has 0 heterocycles. The molecule has 1 atom stereocenters. The topological polar surface area (TPSA) is 61.9 Å². The average Bonchev–Trinajstić information content (AvgIpc) is 2.72. The van der Waals surface area contributed by atoms with Gasteiger partial charge in [-0.2, -0.15) is 0 Å². The molecule has 30 heavy (non-hydrogen) atoms. The molecule has 0 aliphatic rings. The fourth-order valence-corrected chi connectivity index (χ4v) is 3.17. The van der Waals surface area contributed by atoms with Crippen LogP contribution in [0.25, 0.3) is 0 Å². The predicted molar refractivity (Wildman–Crippen MR) is 116 cm³/mol. The van der Waals surface area contributed by atoms with Crippen LogP contribution < -0.4 is 10.1 Å². The number of nitrogens with zero attached hydrogens (tertiary/aromatic N) is 2. The Morgan fingerprint density at radius 3 is 2.40 bits per heavy atom. The highest BCUT2D eigenvalue weighted by molar-refractivity contribution is 5.95. The Bertz CT molecular complexity index is 870. The number of aryl methyl sites for hydroxylation is 1. The smallest absolute Gasteiger partial charge is 0.243 e. The summed E-state index contributed by atoms with van der Waals surface area (Å²) >= 11 is 0. The maximum absolute atomic E-state index is 14.0. The molecule has 0 unspecified atom stereocenters. The van der Waals surface area contributed by atoms with Crippen LogP contribution in [0.1, 0.15) is 25.0 Å². The minimum absolute atomic E-state index is 0.0498. The van der Waals surface area contributed by atoms with Gasteiger partial charge in [-0.3, -0.25) is 14.5 Å². The van der Waals surface area contributed by atoms with Crippen LogP contribution in [0.2, 0.25) is 0 Å². The van der Waals surface area contributed by atoms with Gasteiger partial charge in [-0.25, -0.2) is 4.39 Å². The second-order valence-electron chi connectivity index (χ2n) is 7.32. The van der Waals surface area contributed by atoms with E-state index in [4.69, 9.17) is 4.74 Å². The van der Waals surface area contributed by atoms with Crippen LogP contribution >= 0.6 is 0 Å². The zero-order chi connectivity index (χ0) is 22.3. The molecule has 0 saturated heterocycles. The van der Waals surface area contributed by atoms with Gasteiger partial charge < -0.3 is 15.0 Å². The maximum atomic E-state index is 14.0. The number of nitrogens with one attached hydrogen (secondary N) is 1. The highest BCUT2D eigenvalue weighted by Crippen LogP contribution is 2.19. The Balaban J connectivity index is 1.96. The van der Waals surface area contributed by atoms with Crippen LogP contribution in [-0.4, -0.2) is 54.9 Å². The van der Waals surface area contributed by atoms with Gasteiger partial charge in [0.25, 0.3) is 0 Å². The zero-order valence-corrected chi connectivity index (χ0v) is 18.2. The third-order valence-electron chi connectivity index (χ3n) is 5.01. The summed E-state index contributed by atoms with van der Waals surface area (Å²) in [7, 11) is 3.02. The molecule has 6 nitrogen and oxygen atoms in total. The minimum atomic E-state index is -0.461. The lowest BCUT2D eigenvalue weighted by Crippen LogP contribution is -2.47. The van der Waals surface area contributed by atoms with Crippen molar-refractivity contribution in [3.05, 3.63) is 59.4 Å². The number of amides is 2. The molecule has 2 rings (SSSR count). The van der Waals surface area contributed by atoms with Crippen molar-refractivity contribution in [1.82, 2.24) is 9.80 Å². The van der Waals surface area contributed by atoms with Crippen LogP contribution in [0.3, 0.4) is 0 Å². The summed E-state index contributed by atoms with van der Waals surface area (Å²) in [6.45, 7) is 6.66. The van der Waals surface area contributed by atoms with Crippen molar-refractivity contribution in [2.75, 3.05) is 32.6 Å². The van der Waals surface area contributed by atoms with E-state index in [1.54, 1.807) is 26.1 Å². The first-order valence-corrected chi connectivity index (χ1v) is 9.93. The summed E-state index contributed by atoms with van der Waals surface area (Å²) in [4.78, 5) is 28.5. The SMILES string of the molecule is CCN(Cc1ccc(OC)c(F)c1)[C@H](C)C(=O)N(C)CC(=O)Nc1ccc(C)cc1. The summed E-state index contributed by atoms with van der Waals surface area (Å²) < 4.78 is 18.9. The highest BCUT2D eigenvalue weighted by atomic mass is 19.1. The van der Waals surface area contributed by atoms with Crippen molar-refractivity contribution < 1.29 is 18.7 Å². The Morgan fingerprint density at radius 2 is 1.83 bits per heavy atom. The zero-order valence-electron chi connectivity index (χ0n) is 18.2. The molecule has 0 fully saturated rings. The summed E-state index contributed by atoms with van der Waals surface area (Å²) in [5, 5.41) is 2.79. The maximum Gasteiger partial charge on any atom is 0.243 e. The van der Waals surface area contributed by atoms with Gasteiger partial charge in [-0.1, -0.05) is 30.7 Å². The van der Waals surface area contributed by atoms with Crippen LogP contribution in [0.5, 0.6) is 5.75 Å². The third kappa shape index (κ3) is 6.29. The van der Waals surface area contributed by atoms with Gasteiger partial charge in [0.15, 0.2) is 11.6 Å². The first-order chi connectivity index (χ1) is 14.2. The minimum Gasteiger partial charge on any atom is -0.494 e. The standard InChI is InChI=1S/C23H30FN3O3/c1-6-27(14-18-9-12-21(30-5)20(24)13-18)17(3)23(29)26(4)15-22(28)25-19-10-7-16(2)8-11-19/h7-13,17H,6,14-15H2,1-5H3,(H,25,28)/t17-/m1/s1. The van der Waals surface area contributed by atoms with Crippen molar-refractivity contribution in [3.63, 3.8) is 0 Å². The number of ether oxygens (including phenoxy) is 1. The fourth-order valence-electron chi connectivity index (χ4n) is 3.17. The number of carbonyl (C=O) groups excluding carboxylic acids is 2. The summed E-state index contributed by atoms with van der Waals surface area (Å²) in [5.74, 6) is -0.688. The number of benzene rings is 2. The number of hydrogen-bond acceptors (Lipinski definition) is 4. The second kappa shape index (κ2) is 10.7. The van der Waals surface area contributed by atoms with E-state index >= 15 is 0 Å². The van der Waals surface area contributed by atoms with Gasteiger partial charge in [0.2, 0.25) is 11.8 Å². The first-order valence-electron chi connectivity index (χ1n) is 9.93. The summed E-state index contributed by atoms with van der Waals surface area (Å²) in [6.07, 6.45) is 0. The van der Waals surface area contributed by atoms with E-state index in [-0.39, 0.29) is 24.1 Å².